The summed E-state index contributed by atoms with van der Waals surface area (Å²) in [5.41, 5.74) is 10.1. The lowest BCUT2D eigenvalue weighted by molar-refractivity contribution is 1.07. The zero-order valence-corrected chi connectivity index (χ0v) is 36.1. The van der Waals surface area contributed by atoms with E-state index in [0.717, 1.165) is 27.8 Å². The van der Waals surface area contributed by atoms with Crippen LogP contribution in [0.25, 0.3) is 89.1 Å². The second kappa shape index (κ2) is 14.9. The zero-order valence-electron chi connectivity index (χ0n) is 34.1. The Hall–Kier alpha value is -6.28. The van der Waals surface area contributed by atoms with Gasteiger partial charge >= 0.3 is 0 Å². The van der Waals surface area contributed by atoms with Crippen molar-refractivity contribution in [3.05, 3.63) is 176 Å². The summed E-state index contributed by atoms with van der Waals surface area (Å²) in [7, 11) is -2.93. The third kappa shape index (κ3) is 7.24. The van der Waals surface area contributed by atoms with Crippen LogP contribution in [0, 0.1) is 0 Å². The molecule has 0 saturated carbocycles. The molecule has 0 amide bonds. The molecule has 282 valence electrons. The van der Waals surface area contributed by atoms with Gasteiger partial charge in [0.15, 0.2) is 17.5 Å². The molecule has 0 aliphatic carbocycles. The molecule has 9 rings (SSSR count). The first-order valence-corrected chi connectivity index (χ1v) is 27.2. The largest absolute Gasteiger partial charge is 0.208 e. The second-order valence-corrected chi connectivity index (χ2v) is 27.5. The van der Waals surface area contributed by atoms with Crippen LogP contribution in [-0.2, 0) is 0 Å². The molecule has 1 heterocycles. The van der Waals surface area contributed by atoms with Gasteiger partial charge in [0.05, 0.1) is 16.1 Å². The summed E-state index contributed by atoms with van der Waals surface area (Å²) in [6, 6.07) is 63.7. The van der Waals surface area contributed by atoms with Gasteiger partial charge in [0.2, 0.25) is 0 Å². The minimum atomic E-state index is -1.46. The highest BCUT2D eigenvalue weighted by Gasteiger charge is 2.20. The van der Waals surface area contributed by atoms with Gasteiger partial charge in [-0.1, -0.05) is 213 Å². The van der Waals surface area contributed by atoms with Crippen LogP contribution in [-0.4, -0.2) is 31.1 Å². The summed E-state index contributed by atoms with van der Waals surface area (Å²) in [6.07, 6.45) is 0. The molecule has 5 heteroatoms. The van der Waals surface area contributed by atoms with Crippen molar-refractivity contribution < 1.29 is 0 Å². The van der Waals surface area contributed by atoms with Crippen LogP contribution in [0.3, 0.4) is 0 Å². The highest BCUT2D eigenvalue weighted by Crippen LogP contribution is 2.44. The molecule has 3 nitrogen and oxygen atoms in total. The van der Waals surface area contributed by atoms with Crippen molar-refractivity contribution in [2.45, 2.75) is 39.3 Å². The van der Waals surface area contributed by atoms with Gasteiger partial charge in [0, 0.05) is 16.7 Å². The minimum absolute atomic E-state index is 0.662. The first-order valence-electron chi connectivity index (χ1n) is 20.2. The monoisotopic (exact) mass is 781 g/mol. The summed E-state index contributed by atoms with van der Waals surface area (Å²) < 4.78 is 0. The quantitative estimate of drug-likeness (QED) is 0.114. The van der Waals surface area contributed by atoms with E-state index < -0.39 is 16.1 Å². The van der Waals surface area contributed by atoms with Gasteiger partial charge in [-0.05, 0) is 67.1 Å². The zero-order chi connectivity index (χ0) is 40.0. The van der Waals surface area contributed by atoms with E-state index in [9.17, 15) is 0 Å². The van der Waals surface area contributed by atoms with Crippen molar-refractivity contribution in [1.82, 2.24) is 15.0 Å². The lowest BCUT2D eigenvalue weighted by atomic mass is 9.85. The standard InChI is InChI=1S/C53H47N3Si2/c1-57(2,3)43-30-26-37(27-31-43)51-54-52(38-28-32-44(33-29-38)58(4,5)6)56-53(55-51)42-21-15-19-40(35-42)39-18-14-20-41(34-39)50-47-24-12-10-22-45(47)49(36-16-8-7-9-17-36)46-23-11-13-25-48(46)50/h7-35H,1-6H3. The summed E-state index contributed by atoms with van der Waals surface area (Å²) in [5.74, 6) is 2.03. The molecule has 0 bridgehead atoms. The van der Waals surface area contributed by atoms with Crippen molar-refractivity contribution in [2.24, 2.45) is 0 Å². The third-order valence-corrected chi connectivity index (χ3v) is 15.4. The number of aromatic nitrogens is 3. The van der Waals surface area contributed by atoms with Crippen LogP contribution in [0.15, 0.2) is 176 Å². The normalized spacial score (nSPS) is 12.0. The van der Waals surface area contributed by atoms with Gasteiger partial charge in [-0.3, -0.25) is 0 Å². The molecule has 0 N–H and O–H groups in total. The molecule has 0 saturated heterocycles. The molecule has 1 aromatic heterocycles. The minimum Gasteiger partial charge on any atom is -0.208 e. The average Bonchev–Trinajstić information content (AvgIpc) is 3.25. The predicted molar refractivity (Wildman–Crippen MR) is 253 cm³/mol. The molecule has 0 radical (unpaired) electrons. The van der Waals surface area contributed by atoms with E-state index in [1.54, 1.807) is 0 Å². The predicted octanol–water partition coefficient (Wildman–Crippen LogP) is 13.3. The Morgan fingerprint density at radius 2 is 0.603 bits per heavy atom. The van der Waals surface area contributed by atoms with E-state index in [1.165, 1.54) is 54.2 Å². The number of fused-ring (bicyclic) bond motifs is 2. The molecular weight excluding hydrogens is 735 g/mol. The molecule has 0 fully saturated rings. The second-order valence-electron chi connectivity index (χ2n) is 17.3. The van der Waals surface area contributed by atoms with Gasteiger partial charge in [-0.25, -0.2) is 15.0 Å². The highest BCUT2D eigenvalue weighted by molar-refractivity contribution is 6.89. The lowest BCUT2D eigenvalue weighted by Gasteiger charge is -2.18. The fourth-order valence-electron chi connectivity index (χ4n) is 8.05. The molecule has 0 aliphatic rings. The Morgan fingerprint density at radius 1 is 0.276 bits per heavy atom. The molecule has 0 atom stereocenters. The summed E-state index contributed by atoms with van der Waals surface area (Å²) in [6.45, 7) is 14.2. The molecule has 9 aromatic rings. The van der Waals surface area contributed by atoms with E-state index in [1.807, 2.05) is 0 Å². The van der Waals surface area contributed by atoms with Crippen LogP contribution in [0.1, 0.15) is 0 Å². The number of hydrogen-bond donors (Lipinski definition) is 0. The maximum Gasteiger partial charge on any atom is 0.164 e. The summed E-state index contributed by atoms with van der Waals surface area (Å²) in [4.78, 5) is 15.4. The summed E-state index contributed by atoms with van der Waals surface area (Å²) in [5, 5.41) is 7.81. The van der Waals surface area contributed by atoms with Crippen molar-refractivity contribution >= 4 is 48.1 Å². The molecule has 8 aromatic carbocycles. The van der Waals surface area contributed by atoms with Gasteiger partial charge in [-0.2, -0.15) is 0 Å². The summed E-state index contributed by atoms with van der Waals surface area (Å²) >= 11 is 0. The third-order valence-electron chi connectivity index (χ3n) is 11.3. The van der Waals surface area contributed by atoms with E-state index in [2.05, 4.69) is 215 Å². The molecule has 58 heavy (non-hydrogen) atoms. The average molecular weight is 782 g/mol. The Balaban J connectivity index is 1.16. The SMILES string of the molecule is C[Si](C)(C)c1ccc(-c2nc(-c3ccc([Si](C)(C)C)cc3)nc(-c3cccc(-c4cccc(-c5c6ccccc6c(-c6ccccc6)c6ccccc56)c4)c3)n2)cc1. The lowest BCUT2D eigenvalue weighted by Crippen LogP contribution is -2.37. The Bertz CT molecular complexity index is 2810. The number of rotatable bonds is 8. The van der Waals surface area contributed by atoms with Crippen molar-refractivity contribution in [2.75, 3.05) is 0 Å². The van der Waals surface area contributed by atoms with Crippen molar-refractivity contribution in [3.63, 3.8) is 0 Å². The van der Waals surface area contributed by atoms with Gasteiger partial charge in [0.1, 0.15) is 0 Å². The maximum absolute atomic E-state index is 5.15. The van der Waals surface area contributed by atoms with Crippen LogP contribution >= 0.6 is 0 Å². The van der Waals surface area contributed by atoms with Crippen LogP contribution in [0.5, 0.6) is 0 Å². The van der Waals surface area contributed by atoms with Crippen LogP contribution in [0.4, 0.5) is 0 Å². The van der Waals surface area contributed by atoms with Crippen molar-refractivity contribution in [1.29, 1.82) is 0 Å². The van der Waals surface area contributed by atoms with Gasteiger partial charge < -0.3 is 0 Å². The smallest absolute Gasteiger partial charge is 0.164 e. The maximum atomic E-state index is 5.15. The Kier molecular flexibility index (Phi) is 9.59. The molecule has 0 spiro atoms. The van der Waals surface area contributed by atoms with Gasteiger partial charge in [0.25, 0.3) is 0 Å². The molecular formula is C53H47N3Si2. The Labute approximate surface area is 344 Å². The highest BCUT2D eigenvalue weighted by atomic mass is 28.3. The van der Waals surface area contributed by atoms with Gasteiger partial charge in [-0.15, -0.1) is 0 Å². The first-order chi connectivity index (χ1) is 28.0. The van der Waals surface area contributed by atoms with E-state index >= 15 is 0 Å². The fraction of sp³-hybridized carbons (Fsp3) is 0.113. The number of benzene rings is 8. The van der Waals surface area contributed by atoms with Crippen molar-refractivity contribution in [3.8, 4) is 67.5 Å². The molecule has 0 aliphatic heterocycles. The van der Waals surface area contributed by atoms with E-state index in [-0.39, 0.29) is 0 Å². The van der Waals surface area contributed by atoms with E-state index in [0.29, 0.717) is 17.5 Å². The van der Waals surface area contributed by atoms with Crippen LogP contribution in [0.2, 0.25) is 39.3 Å². The molecule has 0 unspecified atom stereocenters. The number of hydrogen-bond acceptors (Lipinski definition) is 3. The Morgan fingerprint density at radius 3 is 1.03 bits per heavy atom. The number of nitrogens with zero attached hydrogens (tertiary/aromatic N) is 3. The van der Waals surface area contributed by atoms with E-state index in [4.69, 9.17) is 15.0 Å². The topological polar surface area (TPSA) is 38.7 Å². The fourth-order valence-corrected chi connectivity index (χ4v) is 10.4. The van der Waals surface area contributed by atoms with Crippen LogP contribution < -0.4 is 10.4 Å². The first kappa shape index (κ1) is 37.3.